The summed E-state index contributed by atoms with van der Waals surface area (Å²) >= 11 is 3.36. The van der Waals surface area contributed by atoms with Crippen LogP contribution in [0.15, 0.2) is 35.3 Å². The van der Waals surface area contributed by atoms with Crippen molar-refractivity contribution in [3.63, 3.8) is 0 Å². The third kappa shape index (κ3) is 2.88. The predicted molar refractivity (Wildman–Crippen MR) is 71.7 cm³/mol. The zero-order valence-electron chi connectivity index (χ0n) is 10.1. The smallest absolute Gasteiger partial charge is 0.197 e. The highest BCUT2D eigenvalue weighted by atomic mass is 79.9. The summed E-state index contributed by atoms with van der Waals surface area (Å²) in [6, 6.07) is 5.92. The van der Waals surface area contributed by atoms with E-state index in [1.165, 1.54) is 0 Å². The molecule has 0 aliphatic heterocycles. The maximum atomic E-state index is 4.42. The fourth-order valence-corrected chi connectivity index (χ4v) is 1.85. The first kappa shape index (κ1) is 12.2. The van der Waals surface area contributed by atoms with E-state index in [-0.39, 0.29) is 5.41 Å². The predicted octanol–water partition coefficient (Wildman–Crippen LogP) is 3.60. The van der Waals surface area contributed by atoms with Gasteiger partial charge in [-0.2, -0.15) is 0 Å². The Bertz CT molecular complexity index is 518. The molecule has 0 aliphatic rings. The maximum Gasteiger partial charge on any atom is 0.197 e. The molecule has 0 atom stereocenters. The largest absolute Gasteiger partial charge is 0.265 e. The average molecular weight is 292 g/mol. The molecule has 0 spiro atoms. The summed E-state index contributed by atoms with van der Waals surface area (Å²) in [5, 5.41) is 0. The molecule has 0 radical (unpaired) electrons. The van der Waals surface area contributed by atoms with E-state index in [0.717, 1.165) is 17.0 Å². The Labute approximate surface area is 109 Å². The molecule has 3 nitrogen and oxygen atoms in total. The van der Waals surface area contributed by atoms with E-state index >= 15 is 0 Å². The van der Waals surface area contributed by atoms with Gasteiger partial charge in [-0.25, -0.2) is 9.97 Å². The third-order valence-corrected chi connectivity index (χ3v) is 2.80. The van der Waals surface area contributed by atoms with Crippen molar-refractivity contribution in [1.29, 1.82) is 0 Å². The van der Waals surface area contributed by atoms with Crippen LogP contribution in [0.3, 0.4) is 0 Å². The second-order valence-corrected chi connectivity index (χ2v) is 5.60. The van der Waals surface area contributed by atoms with Gasteiger partial charge in [0.25, 0.3) is 0 Å². The van der Waals surface area contributed by atoms with Crippen molar-refractivity contribution >= 4 is 15.9 Å². The second kappa shape index (κ2) is 4.53. The minimum atomic E-state index is 0.00718. The van der Waals surface area contributed by atoms with Crippen LogP contribution in [0.4, 0.5) is 0 Å². The Morgan fingerprint density at radius 1 is 1.06 bits per heavy atom. The second-order valence-electron chi connectivity index (χ2n) is 4.89. The van der Waals surface area contributed by atoms with Crippen LogP contribution < -0.4 is 0 Å². The molecule has 0 unspecified atom stereocenters. The molecule has 2 aromatic rings. The lowest BCUT2D eigenvalue weighted by atomic mass is 9.91. The molecule has 0 N–H and O–H groups in total. The van der Waals surface area contributed by atoms with Crippen LogP contribution in [0.25, 0.3) is 11.3 Å². The van der Waals surface area contributed by atoms with Gasteiger partial charge in [-0.1, -0.05) is 20.8 Å². The van der Waals surface area contributed by atoms with E-state index in [1.54, 1.807) is 12.4 Å². The van der Waals surface area contributed by atoms with Gasteiger partial charge < -0.3 is 0 Å². The highest BCUT2D eigenvalue weighted by molar-refractivity contribution is 9.10. The van der Waals surface area contributed by atoms with Crippen molar-refractivity contribution in [2.24, 2.45) is 0 Å². The normalized spacial score (nSPS) is 11.5. The standard InChI is InChI=1S/C13H14BrN3/c1-13(2,3)11-8-10(16-12(14)17-11)9-4-6-15-7-5-9/h4-8H,1-3H3. The number of rotatable bonds is 1. The van der Waals surface area contributed by atoms with Crippen molar-refractivity contribution in [3.8, 4) is 11.3 Å². The summed E-state index contributed by atoms with van der Waals surface area (Å²) in [5.41, 5.74) is 2.99. The van der Waals surface area contributed by atoms with E-state index in [9.17, 15) is 0 Å². The van der Waals surface area contributed by atoms with E-state index in [4.69, 9.17) is 0 Å². The van der Waals surface area contributed by atoms with Crippen LogP contribution in [0.2, 0.25) is 0 Å². The molecular weight excluding hydrogens is 278 g/mol. The summed E-state index contributed by atoms with van der Waals surface area (Å²) in [5.74, 6) is 0. The lowest BCUT2D eigenvalue weighted by Crippen LogP contribution is -2.14. The van der Waals surface area contributed by atoms with Crippen LogP contribution in [0.1, 0.15) is 26.5 Å². The van der Waals surface area contributed by atoms with Crippen molar-refractivity contribution in [2.75, 3.05) is 0 Å². The minimum Gasteiger partial charge on any atom is -0.265 e. The summed E-state index contributed by atoms with van der Waals surface area (Å²) in [6.07, 6.45) is 3.53. The van der Waals surface area contributed by atoms with Gasteiger partial charge >= 0.3 is 0 Å². The Balaban J connectivity index is 2.54. The number of nitrogens with zero attached hydrogens (tertiary/aromatic N) is 3. The molecule has 4 heteroatoms. The number of halogens is 1. The van der Waals surface area contributed by atoms with E-state index in [1.807, 2.05) is 18.2 Å². The average Bonchev–Trinajstić information content (AvgIpc) is 2.28. The number of hydrogen-bond donors (Lipinski definition) is 0. The van der Waals surface area contributed by atoms with Crippen LogP contribution in [-0.4, -0.2) is 15.0 Å². The van der Waals surface area contributed by atoms with Crippen molar-refractivity contribution in [3.05, 3.63) is 41.0 Å². The molecule has 0 bridgehead atoms. The lowest BCUT2D eigenvalue weighted by Gasteiger charge is -2.18. The molecule has 0 fully saturated rings. The van der Waals surface area contributed by atoms with E-state index < -0.39 is 0 Å². The first-order valence-corrected chi connectivity index (χ1v) is 6.21. The van der Waals surface area contributed by atoms with Gasteiger partial charge in [0.05, 0.1) is 11.4 Å². The molecule has 0 aromatic carbocycles. The molecule has 2 aromatic heterocycles. The highest BCUT2D eigenvalue weighted by Gasteiger charge is 2.17. The van der Waals surface area contributed by atoms with Gasteiger partial charge in [0.1, 0.15) is 0 Å². The molecular formula is C13H14BrN3. The monoisotopic (exact) mass is 291 g/mol. The molecule has 0 aliphatic carbocycles. The van der Waals surface area contributed by atoms with Crippen molar-refractivity contribution < 1.29 is 0 Å². The van der Waals surface area contributed by atoms with E-state index in [2.05, 4.69) is 51.7 Å². The first-order chi connectivity index (χ1) is 7.97. The number of pyridine rings is 1. The Morgan fingerprint density at radius 3 is 2.29 bits per heavy atom. The summed E-state index contributed by atoms with van der Waals surface area (Å²) < 4.78 is 0.622. The molecule has 88 valence electrons. The van der Waals surface area contributed by atoms with Crippen LogP contribution in [0, 0.1) is 0 Å². The van der Waals surface area contributed by atoms with Crippen molar-refractivity contribution in [2.45, 2.75) is 26.2 Å². The molecule has 0 saturated carbocycles. The first-order valence-electron chi connectivity index (χ1n) is 5.42. The highest BCUT2D eigenvalue weighted by Crippen LogP contribution is 2.26. The molecule has 2 rings (SSSR count). The van der Waals surface area contributed by atoms with Gasteiger partial charge in [-0.3, -0.25) is 4.98 Å². The maximum absolute atomic E-state index is 4.42. The van der Waals surface area contributed by atoms with Crippen LogP contribution in [-0.2, 0) is 5.41 Å². The SMILES string of the molecule is CC(C)(C)c1cc(-c2ccncc2)nc(Br)n1. The van der Waals surface area contributed by atoms with Gasteiger partial charge in [0.15, 0.2) is 4.73 Å². The van der Waals surface area contributed by atoms with Crippen molar-refractivity contribution in [1.82, 2.24) is 15.0 Å². The topological polar surface area (TPSA) is 38.7 Å². The molecule has 0 saturated heterocycles. The fraction of sp³-hybridized carbons (Fsp3) is 0.308. The third-order valence-electron chi connectivity index (χ3n) is 2.44. The number of hydrogen-bond acceptors (Lipinski definition) is 3. The Morgan fingerprint density at radius 2 is 1.71 bits per heavy atom. The minimum absolute atomic E-state index is 0.00718. The summed E-state index contributed by atoms with van der Waals surface area (Å²) in [7, 11) is 0. The van der Waals surface area contributed by atoms with Gasteiger partial charge in [-0.05, 0) is 34.1 Å². The van der Waals surface area contributed by atoms with Crippen LogP contribution >= 0.6 is 15.9 Å². The summed E-state index contributed by atoms with van der Waals surface area (Å²) in [6.45, 7) is 6.41. The fourth-order valence-electron chi connectivity index (χ4n) is 1.47. The lowest BCUT2D eigenvalue weighted by molar-refractivity contribution is 0.565. The van der Waals surface area contributed by atoms with E-state index in [0.29, 0.717) is 4.73 Å². The molecule has 17 heavy (non-hydrogen) atoms. The summed E-state index contributed by atoms with van der Waals surface area (Å²) in [4.78, 5) is 12.8. The number of aromatic nitrogens is 3. The van der Waals surface area contributed by atoms with Crippen LogP contribution in [0.5, 0.6) is 0 Å². The van der Waals surface area contributed by atoms with Gasteiger partial charge in [-0.15, -0.1) is 0 Å². The Kier molecular flexibility index (Phi) is 3.24. The zero-order valence-corrected chi connectivity index (χ0v) is 11.7. The quantitative estimate of drug-likeness (QED) is 0.754. The Hall–Kier alpha value is -1.29. The van der Waals surface area contributed by atoms with Gasteiger partial charge in [0, 0.05) is 23.4 Å². The molecule has 0 amide bonds. The molecule has 2 heterocycles. The van der Waals surface area contributed by atoms with Gasteiger partial charge in [0.2, 0.25) is 0 Å². The zero-order chi connectivity index (χ0) is 12.5.